The van der Waals surface area contributed by atoms with Gasteiger partial charge in [0.2, 0.25) is 5.91 Å². The van der Waals surface area contributed by atoms with E-state index in [0.29, 0.717) is 13.0 Å². The van der Waals surface area contributed by atoms with Crippen molar-refractivity contribution >= 4 is 5.91 Å². The normalized spacial score (nSPS) is 22.5. The maximum absolute atomic E-state index is 13.3. The molecule has 2 atom stereocenters. The first kappa shape index (κ1) is 13.9. The third-order valence-corrected chi connectivity index (χ3v) is 3.16. The molecule has 2 rings (SSSR count). The number of amides is 1. The smallest absolute Gasteiger partial charge is 0.237 e. The van der Waals surface area contributed by atoms with Gasteiger partial charge >= 0.3 is 0 Å². The van der Waals surface area contributed by atoms with Gasteiger partial charge in [-0.3, -0.25) is 4.79 Å². The van der Waals surface area contributed by atoms with Gasteiger partial charge < -0.3 is 15.7 Å². The molecule has 0 spiro atoms. The van der Waals surface area contributed by atoms with Gasteiger partial charge in [-0.1, -0.05) is 6.07 Å². The minimum atomic E-state index is -0.608. The zero-order valence-corrected chi connectivity index (χ0v) is 10.3. The van der Waals surface area contributed by atoms with Crippen molar-refractivity contribution in [3.05, 3.63) is 35.4 Å². The number of β-amino-alcohol motifs (C(OH)–C–C–N with tert-alkyl or cyclic N) is 1. The predicted octanol–water partition coefficient (Wildman–Crippen LogP) is 0.346. The number of hydrogen-bond donors (Lipinski definition) is 3. The molecule has 1 amide bonds. The lowest BCUT2D eigenvalue weighted by atomic mass is 10.1. The van der Waals surface area contributed by atoms with E-state index in [0.717, 1.165) is 0 Å². The maximum atomic E-state index is 13.3. The number of carbonyl (C=O) groups excluding carboxylic acids is 1. The van der Waals surface area contributed by atoms with Crippen molar-refractivity contribution in [3.63, 3.8) is 0 Å². The highest BCUT2D eigenvalue weighted by Crippen LogP contribution is 2.12. The topological polar surface area (TPSA) is 61.4 Å². The Morgan fingerprint density at radius 1 is 1.42 bits per heavy atom. The lowest BCUT2D eigenvalue weighted by Gasteiger charge is -2.11. The number of aliphatic hydroxyl groups is 1. The Kier molecular flexibility index (Phi) is 4.44. The van der Waals surface area contributed by atoms with E-state index < -0.39 is 23.8 Å². The van der Waals surface area contributed by atoms with Crippen molar-refractivity contribution in [1.82, 2.24) is 10.6 Å². The highest BCUT2D eigenvalue weighted by molar-refractivity contribution is 5.82. The van der Waals surface area contributed by atoms with Crippen LogP contribution < -0.4 is 10.6 Å². The van der Waals surface area contributed by atoms with E-state index in [-0.39, 0.29) is 24.4 Å². The molecule has 2 unspecified atom stereocenters. The Morgan fingerprint density at radius 2 is 2.11 bits per heavy atom. The van der Waals surface area contributed by atoms with Gasteiger partial charge in [-0.05, 0) is 25.0 Å². The van der Waals surface area contributed by atoms with Crippen LogP contribution in [0.1, 0.15) is 12.0 Å². The number of carbonyl (C=O) groups is 1. The summed E-state index contributed by atoms with van der Waals surface area (Å²) in [5, 5.41) is 14.8. The number of aliphatic hydroxyl groups excluding tert-OH is 1. The number of nitrogens with one attached hydrogen (secondary N) is 2. The first-order valence-corrected chi connectivity index (χ1v) is 6.20. The van der Waals surface area contributed by atoms with Crippen LogP contribution in [-0.4, -0.2) is 36.2 Å². The van der Waals surface area contributed by atoms with Crippen LogP contribution in [0.25, 0.3) is 0 Å². The first-order valence-electron chi connectivity index (χ1n) is 6.20. The number of benzene rings is 1. The molecule has 0 saturated carbocycles. The molecule has 0 radical (unpaired) electrons. The van der Waals surface area contributed by atoms with Crippen molar-refractivity contribution in [2.24, 2.45) is 0 Å². The minimum Gasteiger partial charge on any atom is -0.392 e. The summed E-state index contributed by atoms with van der Waals surface area (Å²) in [5.41, 5.74) is -0.0257. The van der Waals surface area contributed by atoms with Crippen LogP contribution in [0.5, 0.6) is 0 Å². The van der Waals surface area contributed by atoms with Gasteiger partial charge in [0.15, 0.2) is 0 Å². The summed E-state index contributed by atoms with van der Waals surface area (Å²) < 4.78 is 26.7. The fraction of sp³-hybridized carbons (Fsp3) is 0.462. The van der Waals surface area contributed by atoms with E-state index in [1.165, 1.54) is 18.2 Å². The second kappa shape index (κ2) is 6.08. The Morgan fingerprint density at radius 3 is 2.68 bits per heavy atom. The minimum absolute atomic E-state index is 0.0257. The monoisotopic (exact) mass is 270 g/mol. The third-order valence-electron chi connectivity index (χ3n) is 3.16. The molecule has 0 bridgehead atoms. The number of hydrogen-bond acceptors (Lipinski definition) is 3. The summed E-state index contributed by atoms with van der Waals surface area (Å²) in [4.78, 5) is 11.7. The molecule has 1 aromatic carbocycles. The zero-order chi connectivity index (χ0) is 13.8. The van der Waals surface area contributed by atoms with E-state index in [1.807, 2.05) is 0 Å². The van der Waals surface area contributed by atoms with Gasteiger partial charge in [-0.15, -0.1) is 0 Å². The fourth-order valence-corrected chi connectivity index (χ4v) is 2.12. The number of halogens is 2. The third kappa shape index (κ3) is 3.48. The van der Waals surface area contributed by atoms with Crippen LogP contribution in [0.15, 0.2) is 18.2 Å². The van der Waals surface area contributed by atoms with Gasteiger partial charge in [0.25, 0.3) is 0 Å². The Bertz CT molecular complexity index is 448. The van der Waals surface area contributed by atoms with Crippen molar-refractivity contribution in [1.29, 1.82) is 0 Å². The second-order valence-corrected chi connectivity index (χ2v) is 4.59. The molecular weight excluding hydrogens is 254 g/mol. The molecule has 19 heavy (non-hydrogen) atoms. The van der Waals surface area contributed by atoms with E-state index in [1.54, 1.807) is 0 Å². The average Bonchev–Trinajstić information content (AvgIpc) is 2.79. The average molecular weight is 270 g/mol. The summed E-state index contributed by atoms with van der Waals surface area (Å²) in [6.45, 7) is 0.547. The molecule has 6 heteroatoms. The Balaban J connectivity index is 1.82. The van der Waals surface area contributed by atoms with E-state index in [2.05, 4.69) is 10.6 Å². The zero-order valence-electron chi connectivity index (χ0n) is 10.3. The molecule has 1 fully saturated rings. The standard InChI is InChI=1S/C13H16F2N2O2/c14-10-2-1-3-11(15)9(10)4-5-16-13(19)12-6-8(18)7-17-12/h1-3,8,12,17-18H,4-7H2,(H,16,19). The van der Waals surface area contributed by atoms with Crippen molar-refractivity contribution in [2.75, 3.05) is 13.1 Å². The molecular formula is C13H16F2N2O2. The fourth-order valence-electron chi connectivity index (χ4n) is 2.12. The first-order chi connectivity index (χ1) is 9.08. The van der Waals surface area contributed by atoms with Crippen molar-refractivity contribution < 1.29 is 18.7 Å². The molecule has 104 valence electrons. The predicted molar refractivity (Wildman–Crippen MR) is 65.5 cm³/mol. The van der Waals surface area contributed by atoms with Gasteiger partial charge in [-0.2, -0.15) is 0 Å². The summed E-state index contributed by atoms with van der Waals surface area (Å²) in [7, 11) is 0. The van der Waals surface area contributed by atoms with E-state index in [9.17, 15) is 18.7 Å². The molecule has 0 aromatic heterocycles. The van der Waals surface area contributed by atoms with Crippen LogP contribution in [0.3, 0.4) is 0 Å². The van der Waals surface area contributed by atoms with Gasteiger partial charge in [0, 0.05) is 18.7 Å². The van der Waals surface area contributed by atoms with Crippen molar-refractivity contribution in [2.45, 2.75) is 25.0 Å². The van der Waals surface area contributed by atoms with E-state index in [4.69, 9.17) is 0 Å². The highest BCUT2D eigenvalue weighted by atomic mass is 19.1. The quantitative estimate of drug-likeness (QED) is 0.739. The lowest BCUT2D eigenvalue weighted by Crippen LogP contribution is -2.41. The lowest BCUT2D eigenvalue weighted by molar-refractivity contribution is -0.122. The molecule has 1 saturated heterocycles. The maximum Gasteiger partial charge on any atom is 0.237 e. The molecule has 3 N–H and O–H groups in total. The van der Waals surface area contributed by atoms with Crippen LogP contribution in [-0.2, 0) is 11.2 Å². The molecule has 1 heterocycles. The molecule has 1 aromatic rings. The summed E-state index contributed by atoms with van der Waals surface area (Å²) in [5.74, 6) is -1.47. The SMILES string of the molecule is O=C(NCCc1c(F)cccc1F)C1CC(O)CN1. The molecule has 1 aliphatic heterocycles. The summed E-state index contributed by atoms with van der Waals surface area (Å²) >= 11 is 0. The van der Waals surface area contributed by atoms with Crippen LogP contribution >= 0.6 is 0 Å². The van der Waals surface area contributed by atoms with Gasteiger partial charge in [-0.25, -0.2) is 8.78 Å². The van der Waals surface area contributed by atoms with E-state index >= 15 is 0 Å². The highest BCUT2D eigenvalue weighted by Gasteiger charge is 2.27. The Labute approximate surface area is 109 Å². The van der Waals surface area contributed by atoms with Gasteiger partial charge in [0.1, 0.15) is 11.6 Å². The molecule has 4 nitrogen and oxygen atoms in total. The molecule has 0 aliphatic carbocycles. The molecule has 1 aliphatic rings. The van der Waals surface area contributed by atoms with Gasteiger partial charge in [0.05, 0.1) is 12.1 Å². The summed E-state index contributed by atoms with van der Waals surface area (Å²) in [6.07, 6.45) is -0.0564. The van der Waals surface area contributed by atoms with Crippen LogP contribution in [0.4, 0.5) is 8.78 Å². The Hall–Kier alpha value is -1.53. The largest absolute Gasteiger partial charge is 0.392 e. The van der Waals surface area contributed by atoms with Crippen LogP contribution in [0.2, 0.25) is 0 Å². The van der Waals surface area contributed by atoms with Crippen LogP contribution in [0, 0.1) is 11.6 Å². The second-order valence-electron chi connectivity index (χ2n) is 4.59. The van der Waals surface area contributed by atoms with Crippen molar-refractivity contribution in [3.8, 4) is 0 Å². The summed E-state index contributed by atoms with van der Waals surface area (Å²) in [6, 6.07) is 3.25. The number of rotatable bonds is 4.